The number of benzene rings is 3. The van der Waals surface area contributed by atoms with E-state index in [0.29, 0.717) is 13.0 Å². The number of hydrogen-bond acceptors (Lipinski definition) is 3. The Hall–Kier alpha value is -3.34. The van der Waals surface area contributed by atoms with E-state index in [1.807, 2.05) is 62.4 Å². The van der Waals surface area contributed by atoms with Crippen molar-refractivity contribution in [2.24, 2.45) is 0 Å². The summed E-state index contributed by atoms with van der Waals surface area (Å²) in [5, 5.41) is 14.9. The molecule has 3 rings (SSSR count). The number of fused-ring (bicyclic) bond motifs is 1. The van der Waals surface area contributed by atoms with Crippen LogP contribution in [0.4, 0.5) is 5.69 Å². The van der Waals surface area contributed by atoms with Crippen molar-refractivity contribution in [1.82, 2.24) is 4.90 Å². The fourth-order valence-electron chi connectivity index (χ4n) is 3.17. The Labute approximate surface area is 164 Å². The highest BCUT2D eigenvalue weighted by molar-refractivity contribution is 6.03. The van der Waals surface area contributed by atoms with Crippen molar-refractivity contribution >= 4 is 28.3 Å². The third kappa shape index (κ3) is 4.31. The van der Waals surface area contributed by atoms with Gasteiger partial charge in [0.25, 0.3) is 5.91 Å². The van der Waals surface area contributed by atoms with Crippen LogP contribution in [0.1, 0.15) is 29.3 Å². The van der Waals surface area contributed by atoms with E-state index in [1.165, 1.54) is 4.90 Å². The van der Waals surface area contributed by atoms with Gasteiger partial charge in [-0.25, -0.2) is 0 Å². The van der Waals surface area contributed by atoms with Gasteiger partial charge in [0.05, 0.1) is 5.56 Å². The molecule has 0 aliphatic rings. The Bertz CT molecular complexity index is 1010. The summed E-state index contributed by atoms with van der Waals surface area (Å²) in [7, 11) is 0. The normalized spacial score (nSPS) is 10.6. The van der Waals surface area contributed by atoms with Gasteiger partial charge in [0, 0.05) is 12.2 Å². The minimum Gasteiger partial charge on any atom is -0.507 e. The van der Waals surface area contributed by atoms with Gasteiger partial charge in [-0.1, -0.05) is 49.4 Å². The average Bonchev–Trinajstić information content (AvgIpc) is 2.68. The molecule has 0 aliphatic carbocycles. The molecule has 28 heavy (non-hydrogen) atoms. The van der Waals surface area contributed by atoms with Gasteiger partial charge in [-0.05, 0) is 47.9 Å². The van der Waals surface area contributed by atoms with Crippen LogP contribution in [0.2, 0.25) is 0 Å². The SMILES string of the molecule is CCCN(CC(=O)Nc1ccccc1C)C(=O)c1cc2ccccc2cc1O. The zero-order valence-corrected chi connectivity index (χ0v) is 16.1. The Morgan fingerprint density at radius 2 is 1.64 bits per heavy atom. The van der Waals surface area contributed by atoms with Gasteiger partial charge in [0.1, 0.15) is 12.3 Å². The number of para-hydroxylation sites is 1. The Kier molecular flexibility index (Phi) is 5.94. The summed E-state index contributed by atoms with van der Waals surface area (Å²) in [6.45, 7) is 4.21. The molecule has 0 spiro atoms. The van der Waals surface area contributed by atoms with Crippen LogP contribution in [0.15, 0.2) is 60.7 Å². The molecule has 0 aromatic heterocycles. The molecule has 0 fully saturated rings. The van der Waals surface area contributed by atoms with Gasteiger partial charge in [0.15, 0.2) is 0 Å². The van der Waals surface area contributed by atoms with Crippen LogP contribution in [0.5, 0.6) is 5.75 Å². The third-order valence-corrected chi connectivity index (χ3v) is 4.63. The lowest BCUT2D eigenvalue weighted by molar-refractivity contribution is -0.116. The molecule has 0 atom stereocenters. The van der Waals surface area contributed by atoms with Gasteiger partial charge in [0.2, 0.25) is 5.91 Å². The zero-order valence-electron chi connectivity index (χ0n) is 16.1. The maximum Gasteiger partial charge on any atom is 0.258 e. The van der Waals surface area contributed by atoms with E-state index in [1.54, 1.807) is 12.1 Å². The predicted octanol–water partition coefficient (Wildman–Crippen LogP) is 4.34. The van der Waals surface area contributed by atoms with Crippen LogP contribution < -0.4 is 5.32 Å². The second-order valence-corrected chi connectivity index (χ2v) is 6.81. The molecular weight excluding hydrogens is 352 g/mol. The molecule has 144 valence electrons. The summed E-state index contributed by atoms with van der Waals surface area (Å²) in [5.41, 5.74) is 1.89. The number of hydrogen-bond donors (Lipinski definition) is 2. The zero-order chi connectivity index (χ0) is 20.1. The number of rotatable bonds is 6. The van der Waals surface area contributed by atoms with E-state index in [4.69, 9.17) is 0 Å². The lowest BCUT2D eigenvalue weighted by atomic mass is 10.0. The molecule has 2 N–H and O–H groups in total. The number of aromatic hydroxyl groups is 1. The number of anilines is 1. The maximum atomic E-state index is 13.0. The van der Waals surface area contributed by atoms with Crippen molar-refractivity contribution in [3.05, 3.63) is 71.8 Å². The summed E-state index contributed by atoms with van der Waals surface area (Å²) in [6.07, 6.45) is 0.706. The van der Waals surface area contributed by atoms with Crippen molar-refractivity contribution in [2.45, 2.75) is 20.3 Å². The Morgan fingerprint density at radius 3 is 2.32 bits per heavy atom. The summed E-state index contributed by atoms with van der Waals surface area (Å²) in [5.74, 6) is -0.703. The largest absolute Gasteiger partial charge is 0.507 e. The molecule has 5 heteroatoms. The monoisotopic (exact) mass is 376 g/mol. The number of amides is 2. The Balaban J connectivity index is 1.81. The second kappa shape index (κ2) is 8.57. The van der Waals surface area contributed by atoms with Crippen molar-refractivity contribution in [3.8, 4) is 5.75 Å². The maximum absolute atomic E-state index is 13.0. The average molecular weight is 376 g/mol. The molecule has 0 radical (unpaired) electrons. The fourth-order valence-corrected chi connectivity index (χ4v) is 3.17. The topological polar surface area (TPSA) is 69.6 Å². The number of phenols is 1. The van der Waals surface area contributed by atoms with E-state index in [0.717, 1.165) is 22.0 Å². The molecule has 3 aromatic rings. The summed E-state index contributed by atoms with van der Waals surface area (Å²) >= 11 is 0. The smallest absolute Gasteiger partial charge is 0.258 e. The second-order valence-electron chi connectivity index (χ2n) is 6.81. The van der Waals surface area contributed by atoms with E-state index < -0.39 is 0 Å². The molecule has 0 aliphatic heterocycles. The van der Waals surface area contributed by atoms with Crippen LogP contribution in [0.25, 0.3) is 10.8 Å². The molecule has 3 aromatic carbocycles. The van der Waals surface area contributed by atoms with E-state index in [2.05, 4.69) is 5.32 Å². The molecular formula is C23H24N2O3. The molecule has 0 saturated heterocycles. The van der Waals surface area contributed by atoms with Crippen LogP contribution in [0.3, 0.4) is 0 Å². The van der Waals surface area contributed by atoms with Crippen LogP contribution in [-0.2, 0) is 4.79 Å². The first-order chi connectivity index (χ1) is 13.5. The lowest BCUT2D eigenvalue weighted by Gasteiger charge is -2.22. The molecule has 2 amide bonds. The van der Waals surface area contributed by atoms with Crippen LogP contribution >= 0.6 is 0 Å². The van der Waals surface area contributed by atoms with E-state index >= 15 is 0 Å². The predicted molar refractivity (Wildman–Crippen MR) is 112 cm³/mol. The van der Waals surface area contributed by atoms with E-state index in [-0.39, 0.29) is 29.7 Å². The van der Waals surface area contributed by atoms with Crippen LogP contribution in [0, 0.1) is 6.92 Å². The third-order valence-electron chi connectivity index (χ3n) is 4.63. The van der Waals surface area contributed by atoms with Gasteiger partial charge in [-0.15, -0.1) is 0 Å². The summed E-state index contributed by atoms with van der Waals surface area (Å²) in [6, 6.07) is 18.3. The van der Waals surface area contributed by atoms with Gasteiger partial charge in [-0.3, -0.25) is 9.59 Å². The highest BCUT2D eigenvalue weighted by Crippen LogP contribution is 2.26. The van der Waals surface area contributed by atoms with Crippen molar-refractivity contribution in [2.75, 3.05) is 18.4 Å². The minimum atomic E-state index is -0.356. The number of carbonyl (C=O) groups is 2. The lowest BCUT2D eigenvalue weighted by Crippen LogP contribution is -2.38. The standard InChI is InChI=1S/C23H24N2O3/c1-3-12-25(15-22(27)24-20-11-7-4-8-16(20)2)23(28)19-13-17-9-5-6-10-18(17)14-21(19)26/h4-11,13-14,26H,3,12,15H2,1-2H3,(H,24,27). The first-order valence-corrected chi connectivity index (χ1v) is 9.36. The first kappa shape index (κ1) is 19.4. The number of nitrogens with zero attached hydrogens (tertiary/aromatic N) is 1. The number of aryl methyl sites for hydroxylation is 1. The van der Waals surface area contributed by atoms with Gasteiger partial charge in [-0.2, -0.15) is 0 Å². The molecule has 0 bridgehead atoms. The number of nitrogens with one attached hydrogen (secondary N) is 1. The van der Waals surface area contributed by atoms with Gasteiger partial charge < -0.3 is 15.3 Å². The fraction of sp³-hybridized carbons (Fsp3) is 0.217. The molecule has 0 heterocycles. The molecule has 5 nitrogen and oxygen atoms in total. The van der Waals surface area contributed by atoms with E-state index in [9.17, 15) is 14.7 Å². The highest BCUT2D eigenvalue weighted by atomic mass is 16.3. The number of carbonyl (C=O) groups excluding carboxylic acids is 2. The molecule has 0 saturated carbocycles. The summed E-state index contributed by atoms with van der Waals surface area (Å²) < 4.78 is 0. The van der Waals surface area contributed by atoms with Crippen molar-refractivity contribution < 1.29 is 14.7 Å². The minimum absolute atomic E-state index is 0.0761. The van der Waals surface area contributed by atoms with Crippen molar-refractivity contribution in [1.29, 1.82) is 0 Å². The molecule has 0 unspecified atom stereocenters. The summed E-state index contributed by atoms with van der Waals surface area (Å²) in [4.78, 5) is 27.0. The highest BCUT2D eigenvalue weighted by Gasteiger charge is 2.21. The first-order valence-electron chi connectivity index (χ1n) is 9.36. The number of phenolic OH excluding ortho intramolecular Hbond substituents is 1. The van der Waals surface area contributed by atoms with Gasteiger partial charge >= 0.3 is 0 Å². The Morgan fingerprint density at radius 1 is 1.00 bits per heavy atom. The van der Waals surface area contributed by atoms with Crippen molar-refractivity contribution in [3.63, 3.8) is 0 Å². The van der Waals surface area contributed by atoms with Crippen LogP contribution in [-0.4, -0.2) is 34.9 Å². The quantitative estimate of drug-likeness (QED) is 0.672.